The summed E-state index contributed by atoms with van der Waals surface area (Å²) in [5.41, 5.74) is 2.08. The molecule has 0 spiro atoms. The summed E-state index contributed by atoms with van der Waals surface area (Å²) in [5, 5.41) is 3.66. The van der Waals surface area contributed by atoms with E-state index in [0.717, 1.165) is 5.56 Å². The number of hydrogen-bond acceptors (Lipinski definition) is 7. The van der Waals surface area contributed by atoms with Crippen molar-refractivity contribution in [3.63, 3.8) is 0 Å². The molecule has 1 N–H and O–H groups in total. The Morgan fingerprint density at radius 2 is 2.00 bits per heavy atom. The van der Waals surface area contributed by atoms with Crippen LogP contribution in [0, 0.1) is 13.8 Å². The van der Waals surface area contributed by atoms with Gasteiger partial charge < -0.3 is 8.94 Å². The van der Waals surface area contributed by atoms with E-state index in [1.165, 1.54) is 24.9 Å². The van der Waals surface area contributed by atoms with Crippen LogP contribution in [-0.4, -0.2) is 23.5 Å². The third-order valence-corrected chi connectivity index (χ3v) is 4.88. The van der Waals surface area contributed by atoms with Crippen LogP contribution in [-0.2, 0) is 16.6 Å². The number of nitrogens with zero attached hydrogens (tertiary/aromatic N) is 3. The van der Waals surface area contributed by atoms with Crippen LogP contribution < -0.4 is 4.72 Å². The Balaban J connectivity index is 1.87. The minimum absolute atomic E-state index is 0.0131. The van der Waals surface area contributed by atoms with Crippen LogP contribution in [0.3, 0.4) is 0 Å². The first kappa shape index (κ1) is 15.4. The summed E-state index contributed by atoms with van der Waals surface area (Å²) in [4.78, 5) is 8.47. The van der Waals surface area contributed by atoms with Crippen LogP contribution in [0.4, 0.5) is 0 Å². The van der Waals surface area contributed by atoms with Crippen molar-refractivity contribution >= 4 is 10.0 Å². The van der Waals surface area contributed by atoms with Gasteiger partial charge >= 0.3 is 0 Å². The van der Waals surface area contributed by atoms with E-state index in [2.05, 4.69) is 19.8 Å². The molecule has 8 nitrogen and oxygen atoms in total. The lowest BCUT2D eigenvalue weighted by molar-refractivity contribution is 0.390. The van der Waals surface area contributed by atoms with E-state index in [4.69, 9.17) is 8.94 Å². The molecule has 9 heteroatoms. The number of aryl methyl sites for hydroxylation is 2. The monoisotopic (exact) mass is 334 g/mol. The van der Waals surface area contributed by atoms with E-state index < -0.39 is 10.0 Å². The summed E-state index contributed by atoms with van der Waals surface area (Å²) in [6.07, 6.45) is 6.08. The highest BCUT2D eigenvalue weighted by molar-refractivity contribution is 7.89. The molecule has 0 aliphatic carbocycles. The number of rotatable bonds is 5. The number of hydrogen-bond donors (Lipinski definition) is 1. The van der Waals surface area contributed by atoms with Gasteiger partial charge in [0, 0.05) is 18.0 Å². The summed E-state index contributed by atoms with van der Waals surface area (Å²) >= 11 is 0. The van der Waals surface area contributed by atoms with Gasteiger partial charge in [-0.15, -0.1) is 0 Å². The predicted octanol–water partition coefficient (Wildman–Crippen LogP) is 1.82. The quantitative estimate of drug-likeness (QED) is 0.757. The van der Waals surface area contributed by atoms with Crippen molar-refractivity contribution in [1.82, 2.24) is 19.8 Å². The van der Waals surface area contributed by atoms with Gasteiger partial charge in [-0.05, 0) is 19.9 Å². The first-order valence-corrected chi connectivity index (χ1v) is 8.22. The normalized spacial score (nSPS) is 11.7. The minimum atomic E-state index is -3.76. The lowest BCUT2D eigenvalue weighted by Crippen LogP contribution is -2.25. The molecule has 0 bridgehead atoms. The Bertz CT molecular complexity index is 897. The van der Waals surface area contributed by atoms with Crippen molar-refractivity contribution in [2.75, 3.05) is 0 Å². The molecule has 3 aromatic heterocycles. The predicted molar refractivity (Wildman–Crippen MR) is 79.7 cm³/mol. The van der Waals surface area contributed by atoms with E-state index in [0.29, 0.717) is 17.1 Å². The van der Waals surface area contributed by atoms with Crippen molar-refractivity contribution < 1.29 is 17.4 Å². The zero-order valence-electron chi connectivity index (χ0n) is 12.5. The molecule has 0 radical (unpaired) electrons. The van der Waals surface area contributed by atoms with Crippen molar-refractivity contribution in [2.24, 2.45) is 0 Å². The molecule has 0 fully saturated rings. The molecule has 120 valence electrons. The van der Waals surface area contributed by atoms with Crippen LogP contribution in [0.25, 0.3) is 11.3 Å². The first-order valence-electron chi connectivity index (χ1n) is 6.74. The van der Waals surface area contributed by atoms with Gasteiger partial charge in [0.1, 0.15) is 10.6 Å². The molecule has 3 aromatic rings. The van der Waals surface area contributed by atoms with E-state index in [9.17, 15) is 8.42 Å². The maximum Gasteiger partial charge on any atom is 0.246 e. The molecular formula is C14H14N4O4S. The van der Waals surface area contributed by atoms with Gasteiger partial charge in [-0.1, -0.05) is 5.16 Å². The van der Waals surface area contributed by atoms with Crippen molar-refractivity contribution in [3.05, 3.63) is 48.1 Å². The molecular weight excluding hydrogens is 320 g/mol. The van der Waals surface area contributed by atoms with Gasteiger partial charge in [-0.2, -0.15) is 0 Å². The SMILES string of the molecule is Cc1noc(C)c1S(=O)(=O)NCc1nccnc1-c1ccoc1. The average Bonchev–Trinajstić information content (AvgIpc) is 3.16. The molecule has 3 heterocycles. The molecule has 0 unspecified atom stereocenters. The van der Waals surface area contributed by atoms with Crippen LogP contribution in [0.2, 0.25) is 0 Å². The lowest BCUT2D eigenvalue weighted by Gasteiger charge is -2.08. The number of nitrogens with one attached hydrogen (secondary N) is 1. The molecule has 0 atom stereocenters. The fourth-order valence-electron chi connectivity index (χ4n) is 2.23. The maximum absolute atomic E-state index is 12.4. The molecule has 3 rings (SSSR count). The first-order chi connectivity index (χ1) is 11.0. The standard InChI is InChI=1S/C14H14N4O4S/c1-9-14(10(2)22-18-9)23(19,20)17-7-12-13(16-5-4-15-12)11-3-6-21-8-11/h3-6,8,17H,7H2,1-2H3. The Hall–Kier alpha value is -2.52. The maximum atomic E-state index is 12.4. The highest BCUT2D eigenvalue weighted by Crippen LogP contribution is 2.22. The average molecular weight is 334 g/mol. The topological polar surface area (TPSA) is 111 Å². The van der Waals surface area contributed by atoms with Crippen molar-refractivity contribution in [3.8, 4) is 11.3 Å². The van der Waals surface area contributed by atoms with Gasteiger partial charge in [-0.3, -0.25) is 9.97 Å². The largest absolute Gasteiger partial charge is 0.472 e. The van der Waals surface area contributed by atoms with E-state index in [1.54, 1.807) is 19.9 Å². The fourth-order valence-corrected chi connectivity index (χ4v) is 3.54. The lowest BCUT2D eigenvalue weighted by atomic mass is 10.2. The second kappa shape index (κ2) is 5.94. The van der Waals surface area contributed by atoms with Gasteiger partial charge in [-0.25, -0.2) is 13.1 Å². The van der Waals surface area contributed by atoms with Crippen molar-refractivity contribution in [2.45, 2.75) is 25.3 Å². The molecule has 0 saturated carbocycles. The van der Waals surface area contributed by atoms with Crippen molar-refractivity contribution in [1.29, 1.82) is 0 Å². The molecule has 23 heavy (non-hydrogen) atoms. The van der Waals surface area contributed by atoms with Gasteiger partial charge in [0.15, 0.2) is 5.76 Å². The Labute approximate surface area is 132 Å². The smallest absolute Gasteiger partial charge is 0.246 e. The van der Waals surface area contributed by atoms with E-state index in [1.807, 2.05) is 0 Å². The highest BCUT2D eigenvalue weighted by Gasteiger charge is 2.24. The second-order valence-electron chi connectivity index (χ2n) is 4.84. The third kappa shape index (κ3) is 3.01. The molecule has 0 aliphatic rings. The molecule has 0 saturated heterocycles. The van der Waals surface area contributed by atoms with Crippen LogP contribution in [0.5, 0.6) is 0 Å². The summed E-state index contributed by atoms with van der Waals surface area (Å²) in [6, 6.07) is 1.73. The molecule has 0 aromatic carbocycles. The van der Waals surface area contributed by atoms with Gasteiger partial charge in [0.2, 0.25) is 10.0 Å². The highest BCUT2D eigenvalue weighted by atomic mass is 32.2. The van der Waals surface area contributed by atoms with Crippen LogP contribution in [0.15, 0.2) is 44.8 Å². The van der Waals surface area contributed by atoms with Gasteiger partial charge in [0.25, 0.3) is 0 Å². The molecule has 0 aliphatic heterocycles. The summed E-state index contributed by atoms with van der Waals surface area (Å²) < 4.78 is 37.3. The number of furan rings is 1. The fraction of sp³-hybridized carbons (Fsp3) is 0.214. The van der Waals surface area contributed by atoms with Crippen LogP contribution >= 0.6 is 0 Å². The Morgan fingerprint density at radius 1 is 1.22 bits per heavy atom. The number of aromatic nitrogens is 3. The Kier molecular flexibility index (Phi) is 3.97. The van der Waals surface area contributed by atoms with Gasteiger partial charge in [0.05, 0.1) is 30.5 Å². The molecule has 0 amide bonds. The minimum Gasteiger partial charge on any atom is -0.472 e. The summed E-state index contributed by atoms with van der Waals surface area (Å²) in [5.74, 6) is 0.240. The third-order valence-electron chi connectivity index (χ3n) is 3.23. The van der Waals surface area contributed by atoms with E-state index in [-0.39, 0.29) is 17.2 Å². The number of sulfonamides is 1. The summed E-state index contributed by atoms with van der Waals surface area (Å²) in [6.45, 7) is 3.11. The second-order valence-corrected chi connectivity index (χ2v) is 6.55. The zero-order chi connectivity index (χ0) is 16.4. The zero-order valence-corrected chi connectivity index (χ0v) is 13.3. The van der Waals surface area contributed by atoms with Crippen LogP contribution in [0.1, 0.15) is 17.1 Å². The Morgan fingerprint density at radius 3 is 2.65 bits per heavy atom. The van der Waals surface area contributed by atoms with E-state index >= 15 is 0 Å². The summed E-state index contributed by atoms with van der Waals surface area (Å²) in [7, 11) is -3.76.